The fourth-order valence-electron chi connectivity index (χ4n) is 3.01. The lowest BCUT2D eigenvalue weighted by Crippen LogP contribution is -2.33. The van der Waals surface area contributed by atoms with Crippen LogP contribution in [-0.4, -0.2) is 44.1 Å². The molecule has 148 valence electrons. The largest absolute Gasteiger partial charge is 0.399 e. The number of amides is 3. The van der Waals surface area contributed by atoms with Crippen molar-refractivity contribution in [2.24, 2.45) is 0 Å². The van der Waals surface area contributed by atoms with Crippen molar-refractivity contribution in [2.45, 2.75) is 18.9 Å². The lowest BCUT2D eigenvalue weighted by Gasteiger charge is -2.13. The first-order valence-corrected chi connectivity index (χ1v) is 10.6. The van der Waals surface area contributed by atoms with Crippen LogP contribution in [-0.2, 0) is 27.7 Å². The Kier molecular flexibility index (Phi) is 5.55. The summed E-state index contributed by atoms with van der Waals surface area (Å²) in [6.07, 6.45) is 1.97. The van der Waals surface area contributed by atoms with E-state index in [2.05, 4.69) is 10.0 Å². The van der Waals surface area contributed by atoms with Crippen LogP contribution in [0.4, 0.5) is 16.2 Å². The van der Waals surface area contributed by atoms with Gasteiger partial charge in [0.1, 0.15) is 6.04 Å². The van der Waals surface area contributed by atoms with E-state index in [1.165, 1.54) is 4.90 Å². The predicted octanol–water partition coefficient (Wildman–Crippen LogP) is 1.35. The van der Waals surface area contributed by atoms with E-state index < -0.39 is 22.1 Å². The van der Waals surface area contributed by atoms with Crippen molar-refractivity contribution in [2.75, 3.05) is 23.3 Å². The summed E-state index contributed by atoms with van der Waals surface area (Å²) in [4.78, 5) is 26.0. The van der Waals surface area contributed by atoms with Crippen LogP contribution in [0.15, 0.2) is 48.5 Å². The third-order valence-electron chi connectivity index (χ3n) is 4.41. The molecule has 1 fully saturated rings. The van der Waals surface area contributed by atoms with E-state index in [0.717, 1.165) is 17.4 Å². The minimum atomic E-state index is -3.34. The van der Waals surface area contributed by atoms with Gasteiger partial charge in [0.25, 0.3) is 5.91 Å². The van der Waals surface area contributed by atoms with Gasteiger partial charge in [0, 0.05) is 24.3 Å². The summed E-state index contributed by atoms with van der Waals surface area (Å²) in [6, 6.07) is 13.0. The lowest BCUT2D eigenvalue weighted by atomic mass is 10.1. The molecular formula is C19H22N4O4S. The molecule has 9 heteroatoms. The van der Waals surface area contributed by atoms with Gasteiger partial charge in [-0.05, 0) is 41.8 Å². The number of rotatable bonds is 7. The Labute approximate surface area is 163 Å². The molecular weight excluding hydrogens is 380 g/mol. The van der Waals surface area contributed by atoms with Crippen LogP contribution >= 0.6 is 0 Å². The summed E-state index contributed by atoms with van der Waals surface area (Å²) >= 11 is 0. The highest BCUT2D eigenvalue weighted by molar-refractivity contribution is 7.92. The van der Waals surface area contributed by atoms with Gasteiger partial charge in [-0.2, -0.15) is 0 Å². The van der Waals surface area contributed by atoms with Crippen molar-refractivity contribution < 1.29 is 18.0 Å². The number of urea groups is 1. The molecule has 1 heterocycles. The Morgan fingerprint density at radius 3 is 2.25 bits per heavy atom. The third kappa shape index (κ3) is 5.01. The highest BCUT2D eigenvalue weighted by Gasteiger charge is 2.37. The molecule has 2 aromatic rings. The van der Waals surface area contributed by atoms with Crippen molar-refractivity contribution in [1.29, 1.82) is 0 Å². The average Bonchev–Trinajstić information content (AvgIpc) is 2.88. The van der Waals surface area contributed by atoms with Crippen molar-refractivity contribution in [1.82, 2.24) is 10.2 Å². The summed E-state index contributed by atoms with van der Waals surface area (Å²) < 4.78 is 24.9. The first kappa shape index (κ1) is 19.7. The Morgan fingerprint density at radius 2 is 1.64 bits per heavy atom. The first-order valence-electron chi connectivity index (χ1n) is 8.74. The van der Waals surface area contributed by atoms with Gasteiger partial charge in [0.05, 0.1) is 6.26 Å². The van der Waals surface area contributed by atoms with E-state index in [9.17, 15) is 18.0 Å². The topological polar surface area (TPSA) is 122 Å². The molecule has 3 rings (SSSR count). The molecule has 4 N–H and O–H groups in total. The highest BCUT2D eigenvalue weighted by atomic mass is 32.2. The Morgan fingerprint density at radius 1 is 1.04 bits per heavy atom. The number of nitrogens with zero attached hydrogens (tertiary/aromatic N) is 1. The molecule has 0 bridgehead atoms. The van der Waals surface area contributed by atoms with E-state index in [-0.39, 0.29) is 5.91 Å². The zero-order valence-electron chi connectivity index (χ0n) is 15.4. The van der Waals surface area contributed by atoms with E-state index in [4.69, 9.17) is 5.73 Å². The molecule has 1 aliphatic heterocycles. The molecule has 3 amide bonds. The van der Waals surface area contributed by atoms with Crippen LogP contribution in [0, 0.1) is 0 Å². The fraction of sp³-hybridized carbons (Fsp3) is 0.263. The van der Waals surface area contributed by atoms with Gasteiger partial charge in [0.15, 0.2) is 0 Å². The summed E-state index contributed by atoms with van der Waals surface area (Å²) in [5.41, 5.74) is 8.57. The number of anilines is 2. The quantitative estimate of drug-likeness (QED) is 0.477. The SMILES string of the molecule is CS(=O)(=O)Nc1ccc(C[C@H]2NC(=O)N(CCc3ccc(N)cc3)C2=O)cc1. The van der Waals surface area contributed by atoms with Crippen LogP contribution < -0.4 is 15.8 Å². The second kappa shape index (κ2) is 7.89. The van der Waals surface area contributed by atoms with Crippen LogP contribution in [0.25, 0.3) is 0 Å². The minimum absolute atomic E-state index is 0.265. The molecule has 0 radical (unpaired) electrons. The Balaban J connectivity index is 1.59. The Bertz CT molecular complexity index is 972. The molecule has 0 spiro atoms. The van der Waals surface area contributed by atoms with Gasteiger partial charge in [0.2, 0.25) is 10.0 Å². The molecule has 1 aliphatic rings. The fourth-order valence-corrected chi connectivity index (χ4v) is 3.58. The zero-order chi connectivity index (χ0) is 20.3. The van der Waals surface area contributed by atoms with Gasteiger partial charge >= 0.3 is 6.03 Å². The van der Waals surface area contributed by atoms with Crippen LogP contribution in [0.2, 0.25) is 0 Å². The summed E-state index contributed by atoms with van der Waals surface area (Å²) in [7, 11) is -3.34. The molecule has 28 heavy (non-hydrogen) atoms. The number of nitrogens with one attached hydrogen (secondary N) is 2. The second-order valence-electron chi connectivity index (χ2n) is 6.76. The molecule has 1 saturated heterocycles. The maximum atomic E-state index is 12.6. The van der Waals surface area contributed by atoms with Crippen molar-refractivity contribution in [3.63, 3.8) is 0 Å². The van der Waals surface area contributed by atoms with E-state index >= 15 is 0 Å². The maximum absolute atomic E-state index is 12.6. The molecule has 0 aromatic heterocycles. The van der Waals surface area contributed by atoms with E-state index in [0.29, 0.717) is 30.8 Å². The van der Waals surface area contributed by atoms with E-state index in [1.807, 2.05) is 12.1 Å². The number of hydrogen-bond acceptors (Lipinski definition) is 5. The van der Waals surface area contributed by atoms with Gasteiger partial charge in [-0.1, -0.05) is 24.3 Å². The van der Waals surface area contributed by atoms with Gasteiger partial charge < -0.3 is 11.1 Å². The number of carbonyl (C=O) groups excluding carboxylic acids is 2. The normalized spacial score (nSPS) is 16.9. The predicted molar refractivity (Wildman–Crippen MR) is 107 cm³/mol. The summed E-state index contributed by atoms with van der Waals surface area (Å²) in [6.45, 7) is 0.294. The van der Waals surface area contributed by atoms with Gasteiger partial charge in [-0.15, -0.1) is 0 Å². The average molecular weight is 402 g/mol. The molecule has 2 aromatic carbocycles. The number of nitrogen functional groups attached to an aromatic ring is 1. The van der Waals surface area contributed by atoms with Crippen LogP contribution in [0.1, 0.15) is 11.1 Å². The number of carbonyl (C=O) groups is 2. The number of sulfonamides is 1. The summed E-state index contributed by atoms with van der Waals surface area (Å²) in [5, 5.41) is 2.71. The summed E-state index contributed by atoms with van der Waals surface area (Å²) in [5.74, 6) is -0.265. The first-order chi connectivity index (χ1) is 13.2. The van der Waals surface area contributed by atoms with Crippen LogP contribution in [0.3, 0.4) is 0 Å². The second-order valence-corrected chi connectivity index (χ2v) is 8.51. The lowest BCUT2D eigenvalue weighted by molar-refractivity contribution is -0.127. The molecule has 8 nitrogen and oxygen atoms in total. The number of hydrogen-bond donors (Lipinski definition) is 3. The molecule has 0 unspecified atom stereocenters. The van der Waals surface area contributed by atoms with Crippen LogP contribution in [0.5, 0.6) is 0 Å². The number of benzene rings is 2. The van der Waals surface area contributed by atoms with E-state index in [1.54, 1.807) is 36.4 Å². The highest BCUT2D eigenvalue weighted by Crippen LogP contribution is 2.16. The monoisotopic (exact) mass is 402 g/mol. The van der Waals surface area contributed by atoms with Crippen molar-refractivity contribution in [3.8, 4) is 0 Å². The standard InChI is InChI=1S/C19H22N4O4S/c1-28(26,27)22-16-8-4-14(5-9-16)12-17-18(24)23(19(25)21-17)11-10-13-2-6-15(20)7-3-13/h2-9,17,22H,10-12,20H2,1H3,(H,21,25)/t17-/m1/s1. The smallest absolute Gasteiger partial charge is 0.324 e. The number of nitrogens with two attached hydrogens (primary N) is 1. The third-order valence-corrected chi connectivity index (χ3v) is 5.01. The van der Waals surface area contributed by atoms with Crippen molar-refractivity contribution >= 4 is 33.3 Å². The van der Waals surface area contributed by atoms with Gasteiger partial charge in [-0.3, -0.25) is 14.4 Å². The minimum Gasteiger partial charge on any atom is -0.399 e. The van der Waals surface area contributed by atoms with Crippen molar-refractivity contribution in [3.05, 3.63) is 59.7 Å². The maximum Gasteiger partial charge on any atom is 0.324 e. The Hall–Kier alpha value is -3.07. The molecule has 0 saturated carbocycles. The zero-order valence-corrected chi connectivity index (χ0v) is 16.2. The molecule has 1 atom stereocenters. The van der Waals surface area contributed by atoms with Gasteiger partial charge in [-0.25, -0.2) is 13.2 Å². The molecule has 0 aliphatic carbocycles. The number of imide groups is 1.